The predicted molar refractivity (Wildman–Crippen MR) is 110 cm³/mol. The maximum Gasteiger partial charge on any atom is 0.237 e. The summed E-state index contributed by atoms with van der Waals surface area (Å²) in [6.07, 6.45) is 13.4. The molecule has 1 saturated heterocycles. The number of pyridine rings is 1. The monoisotopic (exact) mass is 397 g/mol. The van der Waals surface area contributed by atoms with Crippen molar-refractivity contribution in [3.63, 3.8) is 0 Å². The molecule has 1 aliphatic heterocycles. The third kappa shape index (κ3) is 5.42. The fourth-order valence-corrected chi connectivity index (χ4v) is 4.49. The second kappa shape index (κ2) is 9.50. The van der Waals surface area contributed by atoms with E-state index in [2.05, 4.69) is 19.9 Å². The molecule has 29 heavy (non-hydrogen) atoms. The zero-order valence-corrected chi connectivity index (χ0v) is 17.2. The SMILES string of the molecule is Cn1cc(CN2CC(=O)N(C3CCCCC3)C[C@@H](OCc3cccnc3)C2)cn1. The smallest absolute Gasteiger partial charge is 0.237 e. The van der Waals surface area contributed by atoms with Crippen LogP contribution in [-0.2, 0) is 29.7 Å². The molecule has 0 N–H and O–H groups in total. The van der Waals surface area contributed by atoms with Gasteiger partial charge in [0.25, 0.3) is 0 Å². The Labute approximate surface area is 172 Å². The van der Waals surface area contributed by atoms with Gasteiger partial charge in [0, 0.05) is 56.9 Å². The Morgan fingerprint density at radius 1 is 1.14 bits per heavy atom. The van der Waals surface area contributed by atoms with Gasteiger partial charge in [-0.05, 0) is 24.5 Å². The summed E-state index contributed by atoms with van der Waals surface area (Å²) < 4.78 is 8.10. The number of carbonyl (C=O) groups is 1. The van der Waals surface area contributed by atoms with E-state index in [4.69, 9.17) is 4.74 Å². The summed E-state index contributed by atoms with van der Waals surface area (Å²) in [5, 5.41) is 4.26. The number of aromatic nitrogens is 3. The number of hydrogen-bond donors (Lipinski definition) is 0. The van der Waals surface area contributed by atoms with Gasteiger partial charge in [-0.15, -0.1) is 0 Å². The predicted octanol–water partition coefficient (Wildman–Crippen LogP) is 2.38. The van der Waals surface area contributed by atoms with Gasteiger partial charge in [-0.25, -0.2) is 0 Å². The number of aryl methyl sites for hydroxylation is 1. The summed E-state index contributed by atoms with van der Waals surface area (Å²) in [5.41, 5.74) is 2.18. The summed E-state index contributed by atoms with van der Waals surface area (Å²) in [6.45, 7) is 3.09. The third-order valence-corrected chi connectivity index (χ3v) is 5.93. The highest BCUT2D eigenvalue weighted by molar-refractivity contribution is 5.79. The van der Waals surface area contributed by atoms with E-state index < -0.39 is 0 Å². The molecule has 2 fully saturated rings. The third-order valence-electron chi connectivity index (χ3n) is 5.93. The van der Waals surface area contributed by atoms with E-state index in [1.54, 1.807) is 10.9 Å². The Balaban J connectivity index is 1.47. The van der Waals surface area contributed by atoms with Gasteiger partial charge in [0.2, 0.25) is 5.91 Å². The molecule has 1 aliphatic carbocycles. The molecule has 0 bridgehead atoms. The number of hydrogen-bond acceptors (Lipinski definition) is 5. The lowest BCUT2D eigenvalue weighted by Gasteiger charge is -2.35. The van der Waals surface area contributed by atoms with Gasteiger partial charge < -0.3 is 9.64 Å². The van der Waals surface area contributed by atoms with Crippen LogP contribution in [0.3, 0.4) is 0 Å². The van der Waals surface area contributed by atoms with E-state index in [0.29, 0.717) is 32.3 Å². The van der Waals surface area contributed by atoms with Crippen LogP contribution in [0.2, 0.25) is 0 Å². The van der Waals surface area contributed by atoms with Gasteiger partial charge >= 0.3 is 0 Å². The van der Waals surface area contributed by atoms with Gasteiger partial charge in [0.1, 0.15) is 0 Å². The van der Waals surface area contributed by atoms with Crippen LogP contribution in [0.4, 0.5) is 0 Å². The zero-order chi connectivity index (χ0) is 20.1. The molecule has 7 nitrogen and oxygen atoms in total. The van der Waals surface area contributed by atoms with Crippen molar-refractivity contribution in [3.05, 3.63) is 48.0 Å². The highest BCUT2D eigenvalue weighted by Crippen LogP contribution is 2.25. The number of rotatable bonds is 6. The minimum absolute atomic E-state index is 0.0137. The van der Waals surface area contributed by atoms with E-state index in [9.17, 15) is 4.79 Å². The number of carbonyl (C=O) groups excluding carboxylic acids is 1. The second-order valence-corrected chi connectivity index (χ2v) is 8.32. The summed E-state index contributed by atoms with van der Waals surface area (Å²) >= 11 is 0. The topological polar surface area (TPSA) is 63.5 Å². The molecule has 1 saturated carbocycles. The van der Waals surface area contributed by atoms with Crippen LogP contribution >= 0.6 is 0 Å². The minimum atomic E-state index is -0.0137. The van der Waals surface area contributed by atoms with Crippen molar-refractivity contribution in [3.8, 4) is 0 Å². The number of nitrogens with zero attached hydrogens (tertiary/aromatic N) is 5. The molecule has 3 heterocycles. The lowest BCUT2D eigenvalue weighted by Crippen LogP contribution is -2.45. The molecule has 0 radical (unpaired) electrons. The standard InChI is InChI=1S/C22H31N5O2/c1-25-12-19(11-24-25)13-26-14-21(29-17-18-6-5-9-23-10-18)15-27(22(28)16-26)20-7-3-2-4-8-20/h5-6,9-12,20-21H,2-4,7-8,13-17H2,1H3/t21-/m0/s1. The van der Waals surface area contributed by atoms with Gasteiger partial charge in [-0.3, -0.25) is 19.4 Å². The quantitative estimate of drug-likeness (QED) is 0.749. The van der Waals surface area contributed by atoms with Crippen LogP contribution in [0.25, 0.3) is 0 Å². The van der Waals surface area contributed by atoms with Gasteiger partial charge in [-0.1, -0.05) is 25.3 Å². The van der Waals surface area contributed by atoms with E-state index >= 15 is 0 Å². The molecule has 2 aromatic heterocycles. The van der Waals surface area contributed by atoms with Crippen molar-refractivity contribution in [2.75, 3.05) is 19.6 Å². The Morgan fingerprint density at radius 2 is 2.00 bits per heavy atom. The van der Waals surface area contributed by atoms with Crippen LogP contribution in [0, 0.1) is 0 Å². The summed E-state index contributed by atoms with van der Waals surface area (Å²) in [4.78, 5) is 21.6. The normalized spacial score (nSPS) is 22.0. The van der Waals surface area contributed by atoms with Crippen molar-refractivity contribution in [2.24, 2.45) is 7.05 Å². The Kier molecular flexibility index (Phi) is 6.56. The average Bonchev–Trinajstić information content (AvgIpc) is 3.07. The van der Waals surface area contributed by atoms with Crippen LogP contribution in [0.1, 0.15) is 43.2 Å². The molecule has 2 aliphatic rings. The highest BCUT2D eigenvalue weighted by atomic mass is 16.5. The van der Waals surface area contributed by atoms with Crippen LogP contribution in [0.5, 0.6) is 0 Å². The molecule has 1 amide bonds. The van der Waals surface area contributed by atoms with E-state index in [0.717, 1.165) is 30.5 Å². The first-order valence-corrected chi connectivity index (χ1v) is 10.7. The largest absolute Gasteiger partial charge is 0.370 e. The Morgan fingerprint density at radius 3 is 2.72 bits per heavy atom. The van der Waals surface area contributed by atoms with Crippen molar-refractivity contribution in [1.29, 1.82) is 0 Å². The Hall–Kier alpha value is -2.25. The van der Waals surface area contributed by atoms with Crippen molar-refractivity contribution in [2.45, 2.75) is 57.4 Å². The summed E-state index contributed by atoms with van der Waals surface area (Å²) in [7, 11) is 1.92. The van der Waals surface area contributed by atoms with Gasteiger partial charge in [0.15, 0.2) is 0 Å². The van der Waals surface area contributed by atoms with Crippen molar-refractivity contribution >= 4 is 5.91 Å². The minimum Gasteiger partial charge on any atom is -0.370 e. The van der Waals surface area contributed by atoms with Crippen molar-refractivity contribution in [1.82, 2.24) is 24.6 Å². The summed E-state index contributed by atoms with van der Waals surface area (Å²) in [6, 6.07) is 4.32. The lowest BCUT2D eigenvalue weighted by molar-refractivity contribution is -0.135. The molecule has 0 unspecified atom stereocenters. The fourth-order valence-electron chi connectivity index (χ4n) is 4.49. The van der Waals surface area contributed by atoms with Gasteiger partial charge in [-0.2, -0.15) is 5.10 Å². The summed E-state index contributed by atoms with van der Waals surface area (Å²) in [5.74, 6) is 0.230. The first kappa shape index (κ1) is 20.0. The van der Waals surface area contributed by atoms with Crippen molar-refractivity contribution < 1.29 is 9.53 Å². The molecule has 0 spiro atoms. The second-order valence-electron chi connectivity index (χ2n) is 8.32. The fraction of sp³-hybridized carbons (Fsp3) is 0.591. The molecule has 2 aromatic rings. The van der Waals surface area contributed by atoms with Crippen LogP contribution in [0.15, 0.2) is 36.9 Å². The maximum atomic E-state index is 13.1. The first-order chi connectivity index (χ1) is 14.2. The molecule has 7 heteroatoms. The molecule has 1 atom stereocenters. The van der Waals surface area contributed by atoms with E-state index in [-0.39, 0.29) is 12.0 Å². The van der Waals surface area contributed by atoms with E-state index in [1.807, 2.05) is 37.8 Å². The molecular formula is C22H31N5O2. The lowest BCUT2D eigenvalue weighted by atomic mass is 9.94. The van der Waals surface area contributed by atoms with Crippen LogP contribution in [-0.4, -0.2) is 62.3 Å². The zero-order valence-electron chi connectivity index (χ0n) is 17.2. The molecular weight excluding hydrogens is 366 g/mol. The molecule has 4 rings (SSSR count). The average molecular weight is 398 g/mol. The number of ether oxygens (including phenoxy) is 1. The maximum absolute atomic E-state index is 13.1. The Bertz CT molecular complexity index is 788. The van der Waals surface area contributed by atoms with E-state index in [1.165, 1.54) is 19.3 Å². The first-order valence-electron chi connectivity index (χ1n) is 10.7. The van der Waals surface area contributed by atoms with Crippen LogP contribution < -0.4 is 0 Å². The molecule has 0 aromatic carbocycles. The number of amides is 1. The molecule has 156 valence electrons. The van der Waals surface area contributed by atoms with Gasteiger partial charge in [0.05, 0.1) is 25.5 Å². The highest BCUT2D eigenvalue weighted by Gasteiger charge is 2.33.